The van der Waals surface area contributed by atoms with Crippen LogP contribution in [0.15, 0.2) is 53.9 Å². The van der Waals surface area contributed by atoms with Gasteiger partial charge < -0.3 is 14.4 Å². The number of amides is 1. The number of hydrogen-bond acceptors (Lipinski definition) is 5. The smallest absolute Gasteiger partial charge is 0.254 e. The van der Waals surface area contributed by atoms with Gasteiger partial charge in [0.2, 0.25) is 0 Å². The molecule has 1 amide bonds. The van der Waals surface area contributed by atoms with Crippen LogP contribution < -0.4 is 4.74 Å². The number of rotatable bonds is 9. The van der Waals surface area contributed by atoms with E-state index in [1.165, 1.54) is 11.3 Å². The van der Waals surface area contributed by atoms with Gasteiger partial charge in [-0.2, -0.15) is 0 Å². The molecular weight excluding hydrogens is 408 g/mol. The maximum Gasteiger partial charge on any atom is 0.254 e. The first-order valence-electron chi connectivity index (χ1n) is 9.21. The van der Waals surface area contributed by atoms with E-state index in [1.54, 1.807) is 36.3 Å². The minimum absolute atomic E-state index is 0.0794. The van der Waals surface area contributed by atoms with Gasteiger partial charge in [0.05, 0.1) is 18.8 Å². The van der Waals surface area contributed by atoms with Crippen LogP contribution in [0.1, 0.15) is 26.6 Å². The molecule has 0 atom stereocenters. The van der Waals surface area contributed by atoms with Crippen molar-refractivity contribution in [3.63, 3.8) is 0 Å². The number of thiazole rings is 1. The molecule has 0 aliphatic rings. The summed E-state index contributed by atoms with van der Waals surface area (Å²) in [5.74, 6) is 0.741. The molecule has 0 unspecified atom stereocenters. The Kier molecular flexibility index (Phi) is 7.63. The largest absolute Gasteiger partial charge is 0.486 e. The number of halogens is 1. The van der Waals surface area contributed by atoms with Crippen LogP contribution in [-0.4, -0.2) is 36.1 Å². The molecule has 0 spiro atoms. The van der Waals surface area contributed by atoms with E-state index < -0.39 is 0 Å². The highest BCUT2D eigenvalue weighted by atomic mass is 35.5. The molecule has 3 rings (SSSR count). The van der Waals surface area contributed by atoms with E-state index in [9.17, 15) is 4.79 Å². The van der Waals surface area contributed by atoms with Crippen LogP contribution in [0.3, 0.4) is 0 Å². The van der Waals surface area contributed by atoms with Gasteiger partial charge in [0, 0.05) is 29.6 Å². The average Bonchev–Trinajstić information content (AvgIpc) is 3.17. The highest BCUT2D eigenvalue weighted by Gasteiger charge is 2.17. The number of nitrogens with zero attached hydrogens (tertiary/aromatic N) is 2. The van der Waals surface area contributed by atoms with Crippen molar-refractivity contribution in [2.45, 2.75) is 20.1 Å². The lowest BCUT2D eigenvalue weighted by atomic mass is 10.2. The lowest BCUT2D eigenvalue weighted by Crippen LogP contribution is -2.33. The van der Waals surface area contributed by atoms with E-state index >= 15 is 0 Å². The molecule has 0 aliphatic heterocycles. The van der Waals surface area contributed by atoms with Gasteiger partial charge in [-0.1, -0.05) is 23.7 Å². The van der Waals surface area contributed by atoms with Gasteiger partial charge in [-0.15, -0.1) is 11.3 Å². The average molecular weight is 431 g/mol. The summed E-state index contributed by atoms with van der Waals surface area (Å²) in [5.41, 5.74) is 2.57. The molecule has 2 aromatic carbocycles. The normalized spacial score (nSPS) is 10.7. The van der Waals surface area contributed by atoms with Crippen molar-refractivity contribution < 1.29 is 14.3 Å². The Morgan fingerprint density at radius 3 is 2.72 bits per heavy atom. The Balaban J connectivity index is 1.64. The van der Waals surface area contributed by atoms with Crippen molar-refractivity contribution in [2.75, 3.05) is 20.3 Å². The zero-order valence-electron chi connectivity index (χ0n) is 16.4. The van der Waals surface area contributed by atoms with Crippen LogP contribution in [0.5, 0.6) is 5.75 Å². The maximum absolute atomic E-state index is 12.9. The zero-order chi connectivity index (χ0) is 20.6. The number of ether oxygens (including phenoxy) is 2. The summed E-state index contributed by atoms with van der Waals surface area (Å²) >= 11 is 7.45. The van der Waals surface area contributed by atoms with Crippen molar-refractivity contribution >= 4 is 28.8 Å². The molecule has 29 heavy (non-hydrogen) atoms. The van der Waals surface area contributed by atoms with Crippen LogP contribution in [0.2, 0.25) is 5.02 Å². The van der Waals surface area contributed by atoms with Crippen LogP contribution in [0, 0.1) is 6.92 Å². The van der Waals surface area contributed by atoms with Crippen LogP contribution in [-0.2, 0) is 17.9 Å². The predicted octanol–water partition coefficient (Wildman–Crippen LogP) is 4.97. The van der Waals surface area contributed by atoms with E-state index in [4.69, 9.17) is 21.1 Å². The summed E-state index contributed by atoms with van der Waals surface area (Å²) in [6.45, 7) is 3.77. The molecule has 5 nitrogen and oxygen atoms in total. The number of carbonyl (C=O) groups excluding carboxylic acids is 1. The Hall–Kier alpha value is -2.41. The van der Waals surface area contributed by atoms with Crippen LogP contribution >= 0.6 is 22.9 Å². The van der Waals surface area contributed by atoms with E-state index in [0.717, 1.165) is 22.0 Å². The molecule has 1 aromatic heterocycles. The second-order valence-corrected chi connectivity index (χ2v) is 7.94. The fraction of sp³-hybridized carbons (Fsp3) is 0.273. The van der Waals surface area contributed by atoms with Gasteiger partial charge in [0.15, 0.2) is 0 Å². The molecule has 1 heterocycles. The van der Waals surface area contributed by atoms with E-state index in [-0.39, 0.29) is 5.91 Å². The topological polar surface area (TPSA) is 51.7 Å². The Bertz CT molecular complexity index is 943. The number of benzene rings is 2. The fourth-order valence-electron chi connectivity index (χ4n) is 2.76. The van der Waals surface area contributed by atoms with Crippen molar-refractivity contribution in [1.82, 2.24) is 9.88 Å². The van der Waals surface area contributed by atoms with Gasteiger partial charge in [-0.3, -0.25) is 4.79 Å². The Labute approximate surface area is 179 Å². The van der Waals surface area contributed by atoms with Crippen molar-refractivity contribution in [3.05, 3.63) is 80.8 Å². The summed E-state index contributed by atoms with van der Waals surface area (Å²) in [6, 6.07) is 14.8. The van der Waals surface area contributed by atoms with Crippen molar-refractivity contribution in [1.29, 1.82) is 0 Å². The standard InChI is InChI=1S/C22H23ClN2O3S/c1-16-4-3-5-20(12-16)28-14-21-24-19(15-29-21)13-25(10-11-27-2)22(26)17-6-8-18(23)9-7-17/h3-9,12,15H,10-11,13-14H2,1-2H3. The minimum atomic E-state index is -0.0794. The monoisotopic (exact) mass is 430 g/mol. The third-order valence-electron chi connectivity index (χ3n) is 4.25. The second-order valence-electron chi connectivity index (χ2n) is 6.56. The Morgan fingerprint density at radius 1 is 1.21 bits per heavy atom. The zero-order valence-corrected chi connectivity index (χ0v) is 18.0. The van der Waals surface area contributed by atoms with E-state index in [1.807, 2.05) is 36.6 Å². The molecule has 7 heteroatoms. The van der Waals surface area contributed by atoms with Gasteiger partial charge in [-0.25, -0.2) is 4.98 Å². The summed E-state index contributed by atoms with van der Waals surface area (Å²) in [4.78, 5) is 19.2. The number of carbonyl (C=O) groups is 1. The number of aryl methyl sites for hydroxylation is 1. The van der Waals surface area contributed by atoms with E-state index in [0.29, 0.717) is 36.9 Å². The fourth-order valence-corrected chi connectivity index (χ4v) is 3.58. The van der Waals surface area contributed by atoms with Gasteiger partial charge in [0.1, 0.15) is 17.4 Å². The summed E-state index contributed by atoms with van der Waals surface area (Å²) in [6.07, 6.45) is 0. The third-order valence-corrected chi connectivity index (χ3v) is 5.37. The SMILES string of the molecule is COCCN(Cc1csc(COc2cccc(C)c2)n1)C(=O)c1ccc(Cl)cc1. The molecule has 152 valence electrons. The highest BCUT2D eigenvalue weighted by molar-refractivity contribution is 7.09. The summed E-state index contributed by atoms with van der Waals surface area (Å²) < 4.78 is 11.0. The lowest BCUT2D eigenvalue weighted by molar-refractivity contribution is 0.0678. The second kappa shape index (κ2) is 10.4. The first-order chi connectivity index (χ1) is 14.0. The maximum atomic E-state index is 12.9. The van der Waals surface area contributed by atoms with Gasteiger partial charge in [-0.05, 0) is 48.9 Å². The first kappa shape index (κ1) is 21.3. The van der Waals surface area contributed by atoms with Gasteiger partial charge in [0.25, 0.3) is 5.91 Å². The quantitative estimate of drug-likeness (QED) is 0.480. The Morgan fingerprint density at radius 2 is 2.00 bits per heavy atom. The number of hydrogen-bond donors (Lipinski definition) is 0. The lowest BCUT2D eigenvalue weighted by Gasteiger charge is -2.21. The third kappa shape index (κ3) is 6.29. The molecule has 0 aliphatic carbocycles. The molecule has 0 fully saturated rings. The summed E-state index contributed by atoms with van der Waals surface area (Å²) in [5, 5.41) is 3.43. The molecule has 0 saturated carbocycles. The number of methoxy groups -OCH3 is 1. The van der Waals surface area contributed by atoms with Crippen LogP contribution in [0.4, 0.5) is 0 Å². The summed E-state index contributed by atoms with van der Waals surface area (Å²) in [7, 11) is 1.62. The first-order valence-corrected chi connectivity index (χ1v) is 10.5. The molecule has 0 N–H and O–H groups in total. The minimum Gasteiger partial charge on any atom is -0.486 e. The number of aromatic nitrogens is 1. The van der Waals surface area contributed by atoms with E-state index in [2.05, 4.69) is 4.98 Å². The molecular formula is C22H23ClN2O3S. The van der Waals surface area contributed by atoms with Crippen molar-refractivity contribution in [2.24, 2.45) is 0 Å². The van der Waals surface area contributed by atoms with Crippen LogP contribution in [0.25, 0.3) is 0 Å². The molecule has 3 aromatic rings. The highest BCUT2D eigenvalue weighted by Crippen LogP contribution is 2.18. The van der Waals surface area contributed by atoms with Gasteiger partial charge >= 0.3 is 0 Å². The van der Waals surface area contributed by atoms with Crippen molar-refractivity contribution in [3.8, 4) is 5.75 Å². The molecule has 0 radical (unpaired) electrons. The molecule has 0 bridgehead atoms. The molecule has 0 saturated heterocycles. The predicted molar refractivity (Wildman–Crippen MR) is 116 cm³/mol.